The number of anilines is 2. The molecule has 1 saturated heterocycles. The SMILES string of the molecule is COc1cccc(N2CCN(c3nc(C)ccc3C#N)CC2)c1. The molecule has 0 amide bonds. The summed E-state index contributed by atoms with van der Waals surface area (Å²) in [7, 11) is 1.68. The summed E-state index contributed by atoms with van der Waals surface area (Å²) < 4.78 is 5.30. The van der Waals surface area contributed by atoms with Crippen molar-refractivity contribution in [3.8, 4) is 11.8 Å². The summed E-state index contributed by atoms with van der Waals surface area (Å²) in [6, 6.07) is 14.1. The minimum absolute atomic E-state index is 0.644. The van der Waals surface area contributed by atoms with Gasteiger partial charge in [-0.25, -0.2) is 4.98 Å². The third kappa shape index (κ3) is 3.21. The van der Waals surface area contributed by atoms with Gasteiger partial charge < -0.3 is 14.5 Å². The van der Waals surface area contributed by atoms with E-state index in [4.69, 9.17) is 4.74 Å². The van der Waals surface area contributed by atoms with Crippen molar-refractivity contribution in [1.82, 2.24) is 4.98 Å². The van der Waals surface area contributed by atoms with E-state index in [1.807, 2.05) is 31.2 Å². The summed E-state index contributed by atoms with van der Waals surface area (Å²) in [5, 5.41) is 9.29. The molecule has 0 atom stereocenters. The molecule has 0 aliphatic carbocycles. The van der Waals surface area contributed by atoms with Crippen molar-refractivity contribution in [2.24, 2.45) is 0 Å². The Morgan fingerprint density at radius 3 is 2.52 bits per heavy atom. The highest BCUT2D eigenvalue weighted by atomic mass is 16.5. The summed E-state index contributed by atoms with van der Waals surface area (Å²) >= 11 is 0. The van der Waals surface area contributed by atoms with Crippen LogP contribution in [0.5, 0.6) is 5.75 Å². The van der Waals surface area contributed by atoms with E-state index in [1.54, 1.807) is 7.11 Å². The second kappa shape index (κ2) is 6.57. The highest BCUT2D eigenvalue weighted by Crippen LogP contribution is 2.24. The number of rotatable bonds is 3. The van der Waals surface area contributed by atoms with Crippen LogP contribution in [-0.4, -0.2) is 38.3 Å². The summed E-state index contributed by atoms with van der Waals surface area (Å²) in [6.07, 6.45) is 0. The Labute approximate surface area is 136 Å². The Kier molecular flexibility index (Phi) is 4.33. The molecule has 0 saturated carbocycles. The molecule has 0 bridgehead atoms. The van der Waals surface area contributed by atoms with Crippen LogP contribution in [-0.2, 0) is 0 Å². The van der Waals surface area contributed by atoms with E-state index in [9.17, 15) is 5.26 Å². The fourth-order valence-electron chi connectivity index (χ4n) is 2.85. The number of piperazine rings is 1. The summed E-state index contributed by atoms with van der Waals surface area (Å²) in [5.74, 6) is 1.68. The number of benzene rings is 1. The maximum Gasteiger partial charge on any atom is 0.146 e. The van der Waals surface area contributed by atoms with Crippen LogP contribution < -0.4 is 14.5 Å². The topological polar surface area (TPSA) is 52.4 Å². The second-order valence-corrected chi connectivity index (χ2v) is 5.61. The van der Waals surface area contributed by atoms with Crippen molar-refractivity contribution in [3.05, 3.63) is 47.7 Å². The van der Waals surface area contributed by atoms with Gasteiger partial charge in [0.25, 0.3) is 0 Å². The number of nitriles is 1. The maximum atomic E-state index is 9.29. The third-order valence-electron chi connectivity index (χ3n) is 4.13. The molecular weight excluding hydrogens is 288 g/mol. The highest BCUT2D eigenvalue weighted by Gasteiger charge is 2.21. The monoisotopic (exact) mass is 308 g/mol. The molecule has 0 spiro atoms. The molecule has 118 valence electrons. The van der Waals surface area contributed by atoms with E-state index >= 15 is 0 Å². The normalized spacial score (nSPS) is 14.5. The number of ether oxygens (including phenoxy) is 1. The van der Waals surface area contributed by atoms with Gasteiger partial charge >= 0.3 is 0 Å². The lowest BCUT2D eigenvalue weighted by molar-refractivity contribution is 0.414. The van der Waals surface area contributed by atoms with Crippen LogP contribution in [0.1, 0.15) is 11.3 Å². The molecule has 2 aromatic rings. The van der Waals surface area contributed by atoms with Crippen molar-refractivity contribution in [3.63, 3.8) is 0 Å². The fourth-order valence-corrected chi connectivity index (χ4v) is 2.85. The molecule has 1 aliphatic heterocycles. The van der Waals surface area contributed by atoms with Crippen LogP contribution in [0, 0.1) is 18.3 Å². The summed E-state index contributed by atoms with van der Waals surface area (Å²) in [5.41, 5.74) is 2.75. The number of aromatic nitrogens is 1. The Balaban J connectivity index is 1.74. The average molecular weight is 308 g/mol. The summed E-state index contributed by atoms with van der Waals surface area (Å²) in [6.45, 7) is 5.45. The Morgan fingerprint density at radius 2 is 1.83 bits per heavy atom. The lowest BCUT2D eigenvalue weighted by Crippen LogP contribution is -2.47. The van der Waals surface area contributed by atoms with E-state index in [0.717, 1.165) is 43.4 Å². The molecule has 1 aromatic heterocycles. The number of methoxy groups -OCH3 is 1. The van der Waals surface area contributed by atoms with Crippen LogP contribution in [0.4, 0.5) is 11.5 Å². The molecule has 0 unspecified atom stereocenters. The average Bonchev–Trinajstić information content (AvgIpc) is 2.62. The number of pyridine rings is 1. The fraction of sp³-hybridized carbons (Fsp3) is 0.333. The largest absolute Gasteiger partial charge is 0.497 e. The molecule has 3 rings (SSSR count). The van der Waals surface area contributed by atoms with E-state index < -0.39 is 0 Å². The molecule has 23 heavy (non-hydrogen) atoms. The van der Waals surface area contributed by atoms with E-state index in [0.29, 0.717) is 5.56 Å². The predicted molar refractivity (Wildman–Crippen MR) is 91.1 cm³/mol. The van der Waals surface area contributed by atoms with Gasteiger partial charge in [0.15, 0.2) is 0 Å². The Morgan fingerprint density at radius 1 is 1.09 bits per heavy atom. The molecule has 5 nitrogen and oxygen atoms in total. The zero-order chi connectivity index (χ0) is 16.2. The van der Waals surface area contributed by atoms with E-state index in [-0.39, 0.29) is 0 Å². The van der Waals surface area contributed by atoms with E-state index in [2.05, 4.69) is 33.0 Å². The van der Waals surface area contributed by atoms with Gasteiger partial charge in [-0.3, -0.25) is 0 Å². The first-order chi connectivity index (χ1) is 11.2. The zero-order valence-corrected chi connectivity index (χ0v) is 13.5. The van der Waals surface area contributed by atoms with Crippen LogP contribution in [0.3, 0.4) is 0 Å². The van der Waals surface area contributed by atoms with Crippen LogP contribution >= 0.6 is 0 Å². The number of aryl methyl sites for hydroxylation is 1. The lowest BCUT2D eigenvalue weighted by Gasteiger charge is -2.37. The number of hydrogen-bond acceptors (Lipinski definition) is 5. The van der Waals surface area contributed by atoms with Gasteiger partial charge in [-0.1, -0.05) is 6.07 Å². The second-order valence-electron chi connectivity index (χ2n) is 5.61. The number of nitrogens with zero attached hydrogens (tertiary/aromatic N) is 4. The molecule has 0 radical (unpaired) electrons. The first kappa shape index (κ1) is 15.2. The van der Waals surface area contributed by atoms with Crippen LogP contribution in [0.15, 0.2) is 36.4 Å². The molecule has 1 fully saturated rings. The lowest BCUT2D eigenvalue weighted by atomic mass is 10.2. The minimum Gasteiger partial charge on any atom is -0.497 e. The van der Waals surface area contributed by atoms with Crippen LogP contribution in [0.2, 0.25) is 0 Å². The van der Waals surface area contributed by atoms with E-state index in [1.165, 1.54) is 5.69 Å². The van der Waals surface area contributed by atoms with Gasteiger partial charge in [0.05, 0.1) is 12.7 Å². The van der Waals surface area contributed by atoms with Gasteiger partial charge in [0.1, 0.15) is 17.6 Å². The molecular formula is C18H20N4O. The first-order valence-electron chi connectivity index (χ1n) is 7.73. The van der Waals surface area contributed by atoms with Crippen molar-refractivity contribution >= 4 is 11.5 Å². The molecule has 1 aromatic carbocycles. The molecule has 0 N–H and O–H groups in total. The van der Waals surface area contributed by atoms with Crippen molar-refractivity contribution in [2.45, 2.75) is 6.92 Å². The van der Waals surface area contributed by atoms with Gasteiger partial charge in [0.2, 0.25) is 0 Å². The maximum absolute atomic E-state index is 9.29. The Hall–Kier alpha value is -2.74. The van der Waals surface area contributed by atoms with Gasteiger partial charge in [0, 0.05) is 43.6 Å². The van der Waals surface area contributed by atoms with Crippen LogP contribution in [0.25, 0.3) is 0 Å². The van der Waals surface area contributed by atoms with Gasteiger partial charge in [-0.15, -0.1) is 0 Å². The van der Waals surface area contributed by atoms with Gasteiger partial charge in [-0.2, -0.15) is 5.26 Å². The molecule has 2 heterocycles. The quantitative estimate of drug-likeness (QED) is 0.872. The number of hydrogen-bond donors (Lipinski definition) is 0. The first-order valence-corrected chi connectivity index (χ1v) is 7.73. The smallest absolute Gasteiger partial charge is 0.146 e. The molecule has 5 heteroatoms. The zero-order valence-electron chi connectivity index (χ0n) is 13.5. The third-order valence-corrected chi connectivity index (χ3v) is 4.13. The van der Waals surface area contributed by atoms with Crippen molar-refractivity contribution < 1.29 is 4.74 Å². The Bertz CT molecular complexity index is 730. The van der Waals surface area contributed by atoms with Crippen molar-refractivity contribution in [1.29, 1.82) is 5.26 Å². The highest BCUT2D eigenvalue weighted by molar-refractivity contribution is 5.57. The summed E-state index contributed by atoms with van der Waals surface area (Å²) in [4.78, 5) is 9.09. The van der Waals surface area contributed by atoms with Gasteiger partial charge in [-0.05, 0) is 31.2 Å². The van der Waals surface area contributed by atoms with Crippen molar-refractivity contribution in [2.75, 3.05) is 43.1 Å². The molecule has 1 aliphatic rings. The predicted octanol–water partition coefficient (Wildman–Crippen LogP) is 2.60. The minimum atomic E-state index is 0.644. The standard InChI is InChI=1S/C18H20N4O/c1-14-6-7-15(13-19)18(20-14)22-10-8-21(9-11-22)16-4-3-5-17(12-16)23-2/h3-7,12H,8-11H2,1-2H3.